The van der Waals surface area contributed by atoms with Crippen molar-refractivity contribution in [3.05, 3.63) is 0 Å². The molecule has 0 bridgehead atoms. The summed E-state index contributed by atoms with van der Waals surface area (Å²) in [7, 11) is 2.75. The van der Waals surface area contributed by atoms with Crippen molar-refractivity contribution in [1.82, 2.24) is 0 Å². The minimum absolute atomic E-state index is 0.201. The largest absolute Gasteiger partial charge is 0.469 e. The first kappa shape index (κ1) is 14.5. The van der Waals surface area contributed by atoms with E-state index in [1.807, 2.05) is 0 Å². The van der Waals surface area contributed by atoms with Crippen LogP contribution in [0.3, 0.4) is 0 Å². The zero-order valence-electron chi connectivity index (χ0n) is 9.88. The monoisotopic (exact) mass is 226 g/mol. The van der Waals surface area contributed by atoms with Gasteiger partial charge in [-0.15, -0.1) is 11.8 Å². The van der Waals surface area contributed by atoms with Crippen LogP contribution in [0, 0.1) is 11.8 Å². The van der Waals surface area contributed by atoms with E-state index in [0.717, 1.165) is 12.8 Å². The van der Waals surface area contributed by atoms with Gasteiger partial charge >= 0.3 is 11.9 Å². The van der Waals surface area contributed by atoms with Crippen LogP contribution in [0.5, 0.6) is 0 Å². The maximum atomic E-state index is 10.7. The number of hydrogen-bond donors (Lipinski definition) is 0. The number of carbonyl (C=O) groups is 2. The minimum atomic E-state index is -0.201. The van der Waals surface area contributed by atoms with Gasteiger partial charge in [-0.05, 0) is 12.8 Å². The number of esters is 2. The summed E-state index contributed by atoms with van der Waals surface area (Å²) < 4.78 is 8.99. The summed E-state index contributed by atoms with van der Waals surface area (Å²) in [5.74, 6) is 5.49. The Morgan fingerprint density at radius 2 is 1.25 bits per heavy atom. The van der Waals surface area contributed by atoms with Gasteiger partial charge in [-0.3, -0.25) is 9.59 Å². The fraction of sp³-hybridized carbons (Fsp3) is 0.667. The summed E-state index contributed by atoms with van der Waals surface area (Å²) in [5.41, 5.74) is 0. The van der Waals surface area contributed by atoms with Crippen LogP contribution >= 0.6 is 0 Å². The summed E-state index contributed by atoms with van der Waals surface area (Å²) in [6.07, 6.45) is 3.63. The lowest BCUT2D eigenvalue weighted by Crippen LogP contribution is -1.99. The van der Waals surface area contributed by atoms with Gasteiger partial charge in [0.15, 0.2) is 0 Å². The topological polar surface area (TPSA) is 52.6 Å². The van der Waals surface area contributed by atoms with Gasteiger partial charge in [-0.2, -0.15) is 0 Å². The maximum absolute atomic E-state index is 10.7. The molecule has 0 spiro atoms. The second-order valence-electron chi connectivity index (χ2n) is 3.21. The van der Waals surface area contributed by atoms with E-state index in [1.54, 1.807) is 0 Å². The van der Waals surface area contributed by atoms with Gasteiger partial charge < -0.3 is 9.47 Å². The summed E-state index contributed by atoms with van der Waals surface area (Å²) in [6, 6.07) is 0. The molecule has 0 aliphatic carbocycles. The molecule has 0 amide bonds. The minimum Gasteiger partial charge on any atom is -0.469 e. The number of carbonyl (C=O) groups excluding carboxylic acids is 2. The van der Waals surface area contributed by atoms with Crippen molar-refractivity contribution < 1.29 is 19.1 Å². The third-order valence-corrected chi connectivity index (χ3v) is 1.95. The van der Waals surface area contributed by atoms with Gasteiger partial charge in [0, 0.05) is 25.7 Å². The van der Waals surface area contributed by atoms with Gasteiger partial charge in [-0.1, -0.05) is 0 Å². The van der Waals surface area contributed by atoms with Crippen LogP contribution in [0.2, 0.25) is 0 Å². The Kier molecular flexibility index (Phi) is 9.09. The molecule has 90 valence electrons. The van der Waals surface area contributed by atoms with Crippen molar-refractivity contribution in [3.8, 4) is 11.8 Å². The Hall–Kier alpha value is -1.50. The molecule has 16 heavy (non-hydrogen) atoms. The van der Waals surface area contributed by atoms with Crippen LogP contribution in [0.4, 0.5) is 0 Å². The van der Waals surface area contributed by atoms with Gasteiger partial charge in [0.25, 0.3) is 0 Å². The number of methoxy groups -OCH3 is 2. The normalized spacial score (nSPS) is 8.88. The fourth-order valence-corrected chi connectivity index (χ4v) is 1.02. The highest BCUT2D eigenvalue weighted by molar-refractivity contribution is 5.69. The van der Waals surface area contributed by atoms with Crippen molar-refractivity contribution in [1.29, 1.82) is 0 Å². The molecule has 0 aromatic carbocycles. The zero-order chi connectivity index (χ0) is 12.2. The highest BCUT2D eigenvalue weighted by Gasteiger charge is 1.98. The lowest BCUT2D eigenvalue weighted by Gasteiger charge is -1.95. The molecular formula is C12H18O4. The fourth-order valence-electron chi connectivity index (χ4n) is 1.02. The van der Waals surface area contributed by atoms with Gasteiger partial charge in [0.2, 0.25) is 0 Å². The Morgan fingerprint density at radius 1 is 0.875 bits per heavy atom. The van der Waals surface area contributed by atoms with Gasteiger partial charge in [-0.25, -0.2) is 0 Å². The van der Waals surface area contributed by atoms with Crippen LogP contribution in [0.25, 0.3) is 0 Å². The van der Waals surface area contributed by atoms with Gasteiger partial charge in [0.1, 0.15) is 0 Å². The lowest BCUT2D eigenvalue weighted by molar-refractivity contribution is -0.141. The van der Waals surface area contributed by atoms with E-state index in [1.165, 1.54) is 14.2 Å². The number of ether oxygens (including phenoxy) is 2. The molecule has 0 aliphatic heterocycles. The predicted molar refractivity (Wildman–Crippen MR) is 59.5 cm³/mol. The van der Waals surface area contributed by atoms with E-state index in [4.69, 9.17) is 0 Å². The Balaban J connectivity index is 3.35. The Labute approximate surface area is 96.3 Å². The van der Waals surface area contributed by atoms with Gasteiger partial charge in [0.05, 0.1) is 14.2 Å². The average molecular weight is 226 g/mol. The molecule has 0 rings (SSSR count). The average Bonchev–Trinajstić information content (AvgIpc) is 2.31. The molecule has 0 unspecified atom stereocenters. The van der Waals surface area contributed by atoms with Crippen LogP contribution in [0.15, 0.2) is 0 Å². The summed E-state index contributed by atoms with van der Waals surface area (Å²) in [6.45, 7) is 0. The first-order valence-corrected chi connectivity index (χ1v) is 5.30. The summed E-state index contributed by atoms with van der Waals surface area (Å²) in [5, 5.41) is 0. The molecular weight excluding hydrogens is 208 g/mol. The smallest absolute Gasteiger partial charge is 0.305 e. The molecule has 0 atom stereocenters. The van der Waals surface area contributed by atoms with Crippen molar-refractivity contribution in [2.24, 2.45) is 0 Å². The standard InChI is InChI=1S/C12H18O4/c1-15-11(13)9-7-5-3-4-6-8-10-12(14)16-2/h5-10H2,1-2H3. The molecule has 0 fully saturated rings. The molecule has 0 aromatic heterocycles. The van der Waals surface area contributed by atoms with E-state index < -0.39 is 0 Å². The molecule has 4 heteroatoms. The van der Waals surface area contributed by atoms with Crippen molar-refractivity contribution >= 4 is 11.9 Å². The second kappa shape index (κ2) is 10.0. The third kappa shape index (κ3) is 9.07. The van der Waals surface area contributed by atoms with E-state index in [9.17, 15) is 9.59 Å². The van der Waals surface area contributed by atoms with E-state index >= 15 is 0 Å². The molecule has 0 radical (unpaired) electrons. The first-order chi connectivity index (χ1) is 7.70. The third-order valence-electron chi connectivity index (χ3n) is 1.95. The molecule has 0 aromatic rings. The van der Waals surface area contributed by atoms with E-state index in [-0.39, 0.29) is 11.9 Å². The summed E-state index contributed by atoms with van der Waals surface area (Å²) in [4.78, 5) is 21.5. The number of hydrogen-bond acceptors (Lipinski definition) is 4. The molecule has 0 heterocycles. The van der Waals surface area contributed by atoms with Crippen molar-refractivity contribution in [2.45, 2.75) is 38.5 Å². The predicted octanol–water partition coefficient (Wildman–Crippen LogP) is 1.68. The van der Waals surface area contributed by atoms with Crippen molar-refractivity contribution in [3.63, 3.8) is 0 Å². The molecule has 4 nitrogen and oxygen atoms in total. The molecule has 0 aliphatic rings. The summed E-state index contributed by atoms with van der Waals surface area (Å²) >= 11 is 0. The molecule has 0 saturated heterocycles. The van der Waals surface area contributed by atoms with E-state index in [0.29, 0.717) is 25.7 Å². The Morgan fingerprint density at radius 3 is 1.56 bits per heavy atom. The molecule has 0 saturated carbocycles. The van der Waals surface area contributed by atoms with Crippen molar-refractivity contribution in [2.75, 3.05) is 14.2 Å². The van der Waals surface area contributed by atoms with Crippen LogP contribution in [0.1, 0.15) is 38.5 Å². The molecule has 0 N–H and O–H groups in total. The highest BCUT2D eigenvalue weighted by Crippen LogP contribution is 1.98. The quantitative estimate of drug-likeness (QED) is 0.393. The van der Waals surface area contributed by atoms with Crippen LogP contribution in [-0.2, 0) is 19.1 Å². The van der Waals surface area contributed by atoms with Crippen LogP contribution < -0.4 is 0 Å². The first-order valence-electron chi connectivity index (χ1n) is 5.30. The zero-order valence-corrected chi connectivity index (χ0v) is 9.88. The Bertz CT molecular complexity index is 246. The van der Waals surface area contributed by atoms with E-state index in [2.05, 4.69) is 21.3 Å². The second-order valence-corrected chi connectivity index (χ2v) is 3.21. The lowest BCUT2D eigenvalue weighted by atomic mass is 10.2. The SMILES string of the molecule is COC(=O)CCCC#CCCCC(=O)OC. The van der Waals surface area contributed by atoms with Crippen LogP contribution in [-0.4, -0.2) is 26.2 Å². The highest BCUT2D eigenvalue weighted by atomic mass is 16.5. The maximum Gasteiger partial charge on any atom is 0.305 e. The number of rotatable bonds is 6. The number of unbranched alkanes of at least 4 members (excludes halogenated alkanes) is 2.